The Balaban J connectivity index is 1.34. The van der Waals surface area contributed by atoms with Gasteiger partial charge in [-0.2, -0.15) is 5.10 Å². The third-order valence-electron chi connectivity index (χ3n) is 5.59. The third kappa shape index (κ3) is 4.98. The number of thioether (sulfide) groups is 1. The number of fused-ring (bicyclic) bond motifs is 1. The van der Waals surface area contributed by atoms with E-state index in [0.717, 1.165) is 22.5 Å². The second kappa shape index (κ2) is 9.75. The van der Waals surface area contributed by atoms with Gasteiger partial charge in [-0.25, -0.2) is 9.67 Å². The van der Waals surface area contributed by atoms with E-state index in [1.54, 1.807) is 4.68 Å². The fourth-order valence-electron chi connectivity index (χ4n) is 3.74. The van der Waals surface area contributed by atoms with E-state index in [-0.39, 0.29) is 22.6 Å². The van der Waals surface area contributed by atoms with Crippen LogP contribution in [0.2, 0.25) is 0 Å². The number of aromatic nitrogens is 4. The molecule has 0 radical (unpaired) electrons. The minimum Gasteiger partial charge on any atom is -0.310 e. The number of carbonyl (C=O) groups excluding carboxylic acids is 1. The number of nitrogens with one attached hydrogen (secondary N) is 2. The molecule has 5 aromatic rings. The molecule has 0 spiro atoms. The van der Waals surface area contributed by atoms with Crippen molar-refractivity contribution >= 4 is 45.0 Å². The number of anilines is 1. The fourth-order valence-corrected chi connectivity index (χ4v) is 5.41. The molecule has 5 rings (SSSR count). The van der Waals surface area contributed by atoms with Crippen LogP contribution in [0.25, 0.3) is 27.0 Å². The summed E-state index contributed by atoms with van der Waals surface area (Å²) in [5.74, 6) is 0.478. The van der Waals surface area contributed by atoms with E-state index < -0.39 is 0 Å². The van der Waals surface area contributed by atoms with Crippen LogP contribution in [0.15, 0.2) is 82.1 Å². The molecule has 2 N–H and O–H groups in total. The largest absolute Gasteiger partial charge is 0.310 e. The number of benzene rings is 2. The quantitative estimate of drug-likeness (QED) is 0.218. The highest BCUT2D eigenvalue weighted by Gasteiger charge is 2.22. The number of nitrogens with zero attached hydrogens (tertiary/aromatic N) is 3. The fraction of sp³-hybridized carbons (Fsp3) is 0.185. The molecule has 0 fully saturated rings. The molecule has 182 valence electrons. The molecular weight excluding hydrogens is 490 g/mol. The predicted molar refractivity (Wildman–Crippen MR) is 147 cm³/mol. The van der Waals surface area contributed by atoms with Crippen molar-refractivity contribution in [3.8, 4) is 16.8 Å². The molecule has 0 atom stereocenters. The topological polar surface area (TPSA) is 92.7 Å². The molecule has 0 aliphatic rings. The highest BCUT2D eigenvalue weighted by molar-refractivity contribution is 7.99. The first kappa shape index (κ1) is 24.0. The summed E-state index contributed by atoms with van der Waals surface area (Å²) in [6, 6.07) is 21.4. The summed E-state index contributed by atoms with van der Waals surface area (Å²) in [4.78, 5) is 33.8. The summed E-state index contributed by atoms with van der Waals surface area (Å²) in [6.45, 7) is 6.24. The summed E-state index contributed by atoms with van der Waals surface area (Å²) in [6.07, 6.45) is 0. The van der Waals surface area contributed by atoms with E-state index in [0.29, 0.717) is 21.2 Å². The Hall–Kier alpha value is -3.69. The van der Waals surface area contributed by atoms with E-state index in [2.05, 4.69) is 36.1 Å². The third-order valence-corrected chi connectivity index (χ3v) is 7.34. The normalized spacial score (nSPS) is 11.6. The van der Waals surface area contributed by atoms with Gasteiger partial charge in [-0.05, 0) is 17.7 Å². The lowest BCUT2D eigenvalue weighted by molar-refractivity contribution is -0.113. The average Bonchev–Trinajstić information content (AvgIpc) is 3.49. The Labute approximate surface area is 216 Å². The molecule has 9 heteroatoms. The van der Waals surface area contributed by atoms with E-state index in [1.807, 2.05) is 72.1 Å². The van der Waals surface area contributed by atoms with E-state index in [4.69, 9.17) is 5.10 Å². The van der Waals surface area contributed by atoms with Crippen LogP contribution in [0, 0.1) is 0 Å². The van der Waals surface area contributed by atoms with Crippen LogP contribution in [0.4, 0.5) is 5.82 Å². The number of amides is 1. The van der Waals surface area contributed by atoms with Gasteiger partial charge in [-0.1, -0.05) is 81.1 Å². The molecule has 0 saturated carbocycles. The van der Waals surface area contributed by atoms with Gasteiger partial charge in [0.2, 0.25) is 5.91 Å². The monoisotopic (exact) mass is 515 g/mol. The molecule has 36 heavy (non-hydrogen) atoms. The standard InChI is InChI=1S/C27H25N5O2S2/c1-27(2,3)20-14-21(32(31-20)18-12-8-5-9-13-18)28-22(33)16-36-26-29-24(34)23-19(15-35-25(23)30-26)17-10-6-4-7-11-17/h4-15H,16H2,1-3H3,(H,28,33)(H,29,30,34). The maximum absolute atomic E-state index is 12.9. The molecule has 1 amide bonds. The maximum Gasteiger partial charge on any atom is 0.260 e. The lowest BCUT2D eigenvalue weighted by Gasteiger charge is -2.14. The molecule has 0 saturated heterocycles. The summed E-state index contributed by atoms with van der Waals surface area (Å²) >= 11 is 2.62. The minimum absolute atomic E-state index is 0.0934. The molecule has 0 unspecified atom stereocenters. The van der Waals surface area contributed by atoms with Crippen LogP contribution < -0.4 is 10.9 Å². The second-order valence-corrected chi connectivity index (χ2v) is 11.1. The average molecular weight is 516 g/mol. The van der Waals surface area contributed by atoms with Crippen molar-refractivity contribution in [3.63, 3.8) is 0 Å². The first-order chi connectivity index (χ1) is 17.3. The highest BCUT2D eigenvalue weighted by Crippen LogP contribution is 2.31. The van der Waals surface area contributed by atoms with Crippen molar-refractivity contribution in [2.24, 2.45) is 0 Å². The predicted octanol–water partition coefficient (Wildman–Crippen LogP) is 5.87. The Bertz CT molecular complexity index is 1580. The highest BCUT2D eigenvalue weighted by atomic mass is 32.2. The molecule has 7 nitrogen and oxygen atoms in total. The van der Waals surface area contributed by atoms with Gasteiger partial charge in [-0.3, -0.25) is 9.59 Å². The zero-order valence-corrected chi connectivity index (χ0v) is 21.7. The molecule has 0 aliphatic heterocycles. The zero-order chi connectivity index (χ0) is 25.3. The van der Waals surface area contributed by atoms with Crippen LogP contribution >= 0.6 is 23.1 Å². The summed E-state index contributed by atoms with van der Waals surface area (Å²) in [5, 5.41) is 10.6. The first-order valence-electron chi connectivity index (χ1n) is 11.4. The van der Waals surface area contributed by atoms with Gasteiger partial charge in [0.1, 0.15) is 10.6 Å². The van der Waals surface area contributed by atoms with E-state index in [9.17, 15) is 9.59 Å². The minimum atomic E-state index is -0.212. The summed E-state index contributed by atoms with van der Waals surface area (Å²) < 4.78 is 1.74. The molecule has 0 bridgehead atoms. The van der Waals surface area contributed by atoms with Gasteiger partial charge in [-0.15, -0.1) is 11.3 Å². The zero-order valence-electron chi connectivity index (χ0n) is 20.1. The van der Waals surface area contributed by atoms with Crippen LogP contribution in [-0.2, 0) is 10.2 Å². The lowest BCUT2D eigenvalue weighted by atomic mass is 9.92. The van der Waals surface area contributed by atoms with Gasteiger partial charge in [0.15, 0.2) is 5.16 Å². The summed E-state index contributed by atoms with van der Waals surface area (Å²) in [5.41, 5.74) is 3.19. The second-order valence-electron chi connectivity index (χ2n) is 9.32. The van der Waals surface area contributed by atoms with E-state index in [1.165, 1.54) is 23.1 Å². The van der Waals surface area contributed by atoms with Crippen LogP contribution in [0.3, 0.4) is 0 Å². The van der Waals surface area contributed by atoms with Gasteiger partial charge < -0.3 is 10.3 Å². The van der Waals surface area contributed by atoms with Crippen LogP contribution in [-0.4, -0.2) is 31.4 Å². The van der Waals surface area contributed by atoms with Gasteiger partial charge >= 0.3 is 0 Å². The van der Waals surface area contributed by atoms with Gasteiger partial charge in [0, 0.05) is 22.4 Å². The Morgan fingerprint density at radius 3 is 2.47 bits per heavy atom. The smallest absolute Gasteiger partial charge is 0.260 e. The van der Waals surface area contributed by atoms with E-state index >= 15 is 0 Å². The van der Waals surface area contributed by atoms with Crippen molar-refractivity contribution in [1.29, 1.82) is 0 Å². The van der Waals surface area contributed by atoms with Gasteiger partial charge in [0.05, 0.1) is 22.5 Å². The number of thiophene rings is 1. The Kier molecular flexibility index (Phi) is 6.51. The maximum atomic E-state index is 12.9. The Morgan fingerprint density at radius 1 is 1.08 bits per heavy atom. The van der Waals surface area contributed by atoms with Crippen molar-refractivity contribution < 1.29 is 4.79 Å². The first-order valence-corrected chi connectivity index (χ1v) is 13.3. The Morgan fingerprint density at radius 2 is 1.78 bits per heavy atom. The molecule has 3 heterocycles. The molecule has 0 aliphatic carbocycles. The SMILES string of the molecule is CC(C)(C)c1cc(NC(=O)CSc2nc3scc(-c4ccccc4)c3c(=O)[nH]2)n(-c2ccccc2)n1. The number of hydrogen-bond donors (Lipinski definition) is 2. The number of H-pyrrole nitrogens is 1. The molecular formula is C27H25N5O2S2. The van der Waals surface area contributed by atoms with Crippen molar-refractivity contribution in [2.45, 2.75) is 31.3 Å². The summed E-state index contributed by atoms with van der Waals surface area (Å²) in [7, 11) is 0. The number of hydrogen-bond acceptors (Lipinski definition) is 6. The molecule has 2 aromatic carbocycles. The van der Waals surface area contributed by atoms with Crippen molar-refractivity contribution in [1.82, 2.24) is 19.7 Å². The number of rotatable bonds is 6. The lowest BCUT2D eigenvalue weighted by Crippen LogP contribution is -2.17. The van der Waals surface area contributed by atoms with Gasteiger partial charge in [0.25, 0.3) is 5.56 Å². The number of carbonyl (C=O) groups is 1. The van der Waals surface area contributed by atoms with Crippen molar-refractivity contribution in [2.75, 3.05) is 11.1 Å². The van der Waals surface area contributed by atoms with Crippen molar-refractivity contribution in [3.05, 3.63) is 88.2 Å². The number of para-hydroxylation sites is 1. The van der Waals surface area contributed by atoms with Crippen LogP contribution in [0.1, 0.15) is 26.5 Å². The van der Waals surface area contributed by atoms with Crippen LogP contribution in [0.5, 0.6) is 0 Å². The molecule has 3 aromatic heterocycles. The number of aromatic amines is 1.